The molecule has 0 atom stereocenters. The monoisotopic (exact) mass is 286 g/mol. The molecule has 0 radical (unpaired) electrons. The lowest BCUT2D eigenvalue weighted by Crippen LogP contribution is -2.06. The van der Waals surface area contributed by atoms with E-state index in [9.17, 15) is 4.79 Å². The van der Waals surface area contributed by atoms with Crippen LogP contribution in [0.2, 0.25) is 0 Å². The fraction of sp³-hybridized carbons (Fsp3) is 0.188. The molecule has 0 unspecified atom stereocenters. The van der Waals surface area contributed by atoms with E-state index in [0.717, 1.165) is 5.56 Å². The molecule has 4 N–H and O–H groups in total. The largest absolute Gasteiger partial charge is 0.493 e. The summed E-state index contributed by atoms with van der Waals surface area (Å²) in [6, 6.07) is 8.25. The standard InChI is InChI=1S/C16H18N2O3/c1-9-4-14(20-2)15(21-3)8-13(9)16(19)10-5-11(17)7-12(18)6-10/h4-8H,17-18H2,1-3H3. The lowest BCUT2D eigenvalue weighted by Gasteiger charge is -2.12. The smallest absolute Gasteiger partial charge is 0.193 e. The Labute approximate surface area is 123 Å². The molecule has 110 valence electrons. The Morgan fingerprint density at radius 1 is 0.905 bits per heavy atom. The molecular weight excluding hydrogens is 268 g/mol. The third-order valence-corrected chi connectivity index (χ3v) is 3.22. The maximum Gasteiger partial charge on any atom is 0.193 e. The molecule has 0 heterocycles. The highest BCUT2D eigenvalue weighted by atomic mass is 16.5. The summed E-state index contributed by atoms with van der Waals surface area (Å²) >= 11 is 0. The highest BCUT2D eigenvalue weighted by Gasteiger charge is 2.16. The zero-order chi connectivity index (χ0) is 15.6. The second-order valence-corrected chi connectivity index (χ2v) is 4.74. The van der Waals surface area contributed by atoms with Crippen LogP contribution in [0.15, 0.2) is 30.3 Å². The summed E-state index contributed by atoms with van der Waals surface area (Å²) in [4.78, 5) is 12.6. The van der Waals surface area contributed by atoms with Crippen LogP contribution in [0.25, 0.3) is 0 Å². The molecule has 0 saturated carbocycles. The molecule has 2 aromatic carbocycles. The summed E-state index contributed by atoms with van der Waals surface area (Å²) in [5.41, 5.74) is 14.1. The quantitative estimate of drug-likeness (QED) is 0.665. The Morgan fingerprint density at radius 2 is 1.43 bits per heavy atom. The molecule has 5 heteroatoms. The van der Waals surface area contributed by atoms with E-state index in [4.69, 9.17) is 20.9 Å². The number of carbonyl (C=O) groups is 1. The van der Waals surface area contributed by atoms with Crippen molar-refractivity contribution in [2.45, 2.75) is 6.92 Å². The fourth-order valence-corrected chi connectivity index (χ4v) is 2.19. The van der Waals surface area contributed by atoms with E-state index in [0.29, 0.717) is 34.0 Å². The average molecular weight is 286 g/mol. The van der Waals surface area contributed by atoms with Crippen molar-refractivity contribution < 1.29 is 14.3 Å². The van der Waals surface area contributed by atoms with E-state index >= 15 is 0 Å². The average Bonchev–Trinajstić information content (AvgIpc) is 2.45. The van der Waals surface area contributed by atoms with E-state index in [2.05, 4.69) is 0 Å². The number of ether oxygens (including phenoxy) is 2. The van der Waals surface area contributed by atoms with E-state index in [1.54, 1.807) is 37.4 Å². The van der Waals surface area contributed by atoms with Gasteiger partial charge in [0.05, 0.1) is 14.2 Å². The zero-order valence-electron chi connectivity index (χ0n) is 12.3. The molecule has 0 bridgehead atoms. The van der Waals surface area contributed by atoms with Crippen LogP contribution in [0.5, 0.6) is 11.5 Å². The number of carbonyl (C=O) groups excluding carboxylic acids is 1. The van der Waals surface area contributed by atoms with E-state index in [1.807, 2.05) is 6.92 Å². The van der Waals surface area contributed by atoms with Gasteiger partial charge in [0.25, 0.3) is 0 Å². The number of aryl methyl sites for hydroxylation is 1. The number of hydrogen-bond acceptors (Lipinski definition) is 5. The van der Waals surface area contributed by atoms with Crippen LogP contribution in [0.4, 0.5) is 11.4 Å². The van der Waals surface area contributed by atoms with Crippen molar-refractivity contribution in [3.05, 3.63) is 47.0 Å². The van der Waals surface area contributed by atoms with Gasteiger partial charge in [0, 0.05) is 22.5 Å². The van der Waals surface area contributed by atoms with Crippen molar-refractivity contribution >= 4 is 17.2 Å². The summed E-state index contributed by atoms with van der Waals surface area (Å²) in [6.07, 6.45) is 0. The van der Waals surface area contributed by atoms with Crippen molar-refractivity contribution in [3.8, 4) is 11.5 Å². The summed E-state index contributed by atoms with van der Waals surface area (Å²) < 4.78 is 10.5. The Bertz CT molecular complexity index is 676. The summed E-state index contributed by atoms with van der Waals surface area (Å²) in [5.74, 6) is 0.925. The molecule has 2 rings (SSSR count). The molecule has 0 amide bonds. The number of benzene rings is 2. The summed E-state index contributed by atoms with van der Waals surface area (Å²) in [6.45, 7) is 1.84. The minimum absolute atomic E-state index is 0.160. The van der Waals surface area contributed by atoms with Crippen molar-refractivity contribution in [1.82, 2.24) is 0 Å². The van der Waals surface area contributed by atoms with Gasteiger partial charge in [-0.3, -0.25) is 4.79 Å². The maximum absolute atomic E-state index is 12.6. The van der Waals surface area contributed by atoms with Crippen LogP contribution < -0.4 is 20.9 Å². The number of methoxy groups -OCH3 is 2. The molecule has 0 spiro atoms. The van der Waals surface area contributed by atoms with Gasteiger partial charge in [-0.15, -0.1) is 0 Å². The van der Waals surface area contributed by atoms with Gasteiger partial charge >= 0.3 is 0 Å². The zero-order valence-corrected chi connectivity index (χ0v) is 12.3. The molecule has 0 fully saturated rings. The molecule has 21 heavy (non-hydrogen) atoms. The lowest BCUT2D eigenvalue weighted by molar-refractivity contribution is 0.103. The first-order valence-electron chi connectivity index (χ1n) is 6.39. The second-order valence-electron chi connectivity index (χ2n) is 4.74. The van der Waals surface area contributed by atoms with Gasteiger partial charge in [-0.05, 0) is 42.8 Å². The number of anilines is 2. The van der Waals surface area contributed by atoms with E-state index in [1.165, 1.54) is 7.11 Å². The van der Waals surface area contributed by atoms with Crippen LogP contribution in [-0.2, 0) is 0 Å². The molecule has 2 aromatic rings. The topological polar surface area (TPSA) is 87.6 Å². The maximum atomic E-state index is 12.6. The lowest BCUT2D eigenvalue weighted by atomic mass is 9.97. The fourth-order valence-electron chi connectivity index (χ4n) is 2.19. The van der Waals surface area contributed by atoms with Crippen molar-refractivity contribution in [3.63, 3.8) is 0 Å². The number of hydrogen-bond donors (Lipinski definition) is 2. The second kappa shape index (κ2) is 5.75. The first-order chi connectivity index (χ1) is 9.96. The van der Waals surface area contributed by atoms with Crippen molar-refractivity contribution in [2.75, 3.05) is 25.7 Å². The third-order valence-electron chi connectivity index (χ3n) is 3.22. The summed E-state index contributed by atoms with van der Waals surface area (Å²) in [5, 5.41) is 0. The van der Waals surface area contributed by atoms with Gasteiger partial charge < -0.3 is 20.9 Å². The van der Waals surface area contributed by atoms with Gasteiger partial charge in [0.1, 0.15) is 0 Å². The molecule has 0 aliphatic carbocycles. The first kappa shape index (κ1) is 14.7. The Morgan fingerprint density at radius 3 is 1.95 bits per heavy atom. The summed E-state index contributed by atoms with van der Waals surface area (Å²) in [7, 11) is 3.08. The van der Waals surface area contributed by atoms with Gasteiger partial charge in [0.2, 0.25) is 0 Å². The highest BCUT2D eigenvalue weighted by molar-refractivity contribution is 6.11. The molecule has 0 aliphatic heterocycles. The van der Waals surface area contributed by atoms with Crippen molar-refractivity contribution in [2.24, 2.45) is 0 Å². The Hall–Kier alpha value is -2.69. The molecular formula is C16H18N2O3. The van der Waals surface area contributed by atoms with Crippen LogP contribution in [-0.4, -0.2) is 20.0 Å². The van der Waals surface area contributed by atoms with Crippen molar-refractivity contribution in [1.29, 1.82) is 0 Å². The SMILES string of the molecule is COc1cc(C)c(C(=O)c2cc(N)cc(N)c2)cc1OC. The van der Waals surface area contributed by atoms with E-state index < -0.39 is 0 Å². The molecule has 0 saturated heterocycles. The predicted molar refractivity (Wildman–Crippen MR) is 83.0 cm³/mol. The van der Waals surface area contributed by atoms with Crippen LogP contribution in [0, 0.1) is 6.92 Å². The number of nitrogen functional groups attached to an aromatic ring is 2. The Balaban J connectivity index is 2.52. The minimum atomic E-state index is -0.160. The minimum Gasteiger partial charge on any atom is -0.493 e. The van der Waals surface area contributed by atoms with E-state index in [-0.39, 0.29) is 5.78 Å². The predicted octanol–water partition coefficient (Wildman–Crippen LogP) is 2.41. The molecule has 0 aromatic heterocycles. The Kier molecular flexibility index (Phi) is 4.03. The molecule has 5 nitrogen and oxygen atoms in total. The number of rotatable bonds is 4. The highest BCUT2D eigenvalue weighted by Crippen LogP contribution is 2.31. The number of ketones is 1. The van der Waals surface area contributed by atoms with Gasteiger partial charge in [-0.25, -0.2) is 0 Å². The first-order valence-corrected chi connectivity index (χ1v) is 6.39. The van der Waals surface area contributed by atoms with Crippen LogP contribution in [0.1, 0.15) is 21.5 Å². The third kappa shape index (κ3) is 2.91. The van der Waals surface area contributed by atoms with Gasteiger partial charge in [-0.2, -0.15) is 0 Å². The number of nitrogens with two attached hydrogens (primary N) is 2. The van der Waals surface area contributed by atoms with Crippen LogP contribution >= 0.6 is 0 Å². The molecule has 0 aliphatic rings. The van der Waals surface area contributed by atoms with Gasteiger partial charge in [-0.1, -0.05) is 0 Å². The van der Waals surface area contributed by atoms with Crippen LogP contribution in [0.3, 0.4) is 0 Å². The van der Waals surface area contributed by atoms with Gasteiger partial charge in [0.15, 0.2) is 17.3 Å². The normalized spacial score (nSPS) is 10.2.